The number of hydrogen-bond donors (Lipinski definition) is 1. The van der Waals surface area contributed by atoms with Crippen LogP contribution in [0.4, 0.5) is 0 Å². The van der Waals surface area contributed by atoms with Gasteiger partial charge < -0.3 is 4.42 Å². The Kier molecular flexibility index (Phi) is 4.30. The molecule has 1 unspecified atom stereocenters. The van der Waals surface area contributed by atoms with E-state index in [9.17, 15) is 0 Å². The smallest absolute Gasteiger partial charge is 0.247 e. The highest BCUT2D eigenvalue weighted by Crippen LogP contribution is 2.33. The molecule has 0 aliphatic rings. The molecule has 0 aliphatic heterocycles. The third-order valence-corrected chi connectivity index (χ3v) is 4.55. The van der Waals surface area contributed by atoms with E-state index in [1.807, 2.05) is 67.6 Å². The summed E-state index contributed by atoms with van der Waals surface area (Å²) in [4.78, 5) is 4.52. The second kappa shape index (κ2) is 6.90. The summed E-state index contributed by atoms with van der Waals surface area (Å²) in [5.41, 5.74) is 1.90. The SMILES string of the molecule is CC(Sc1n[nH]c(-c2ccccc2)n1)c1nnc(-c2ccccc2)o1. The second-order valence-corrected chi connectivity index (χ2v) is 6.71. The van der Waals surface area contributed by atoms with Crippen LogP contribution in [0.15, 0.2) is 70.2 Å². The van der Waals surface area contributed by atoms with Gasteiger partial charge in [0.1, 0.15) is 0 Å². The molecule has 2 aromatic carbocycles. The maximum Gasteiger partial charge on any atom is 0.247 e. The van der Waals surface area contributed by atoms with Gasteiger partial charge in [-0.05, 0) is 19.1 Å². The lowest BCUT2D eigenvalue weighted by Crippen LogP contribution is -1.89. The zero-order valence-electron chi connectivity index (χ0n) is 13.5. The van der Waals surface area contributed by atoms with E-state index >= 15 is 0 Å². The van der Waals surface area contributed by atoms with E-state index in [4.69, 9.17) is 4.42 Å². The summed E-state index contributed by atoms with van der Waals surface area (Å²) < 4.78 is 5.79. The number of nitrogens with zero attached hydrogens (tertiary/aromatic N) is 4. The zero-order chi connectivity index (χ0) is 17.1. The van der Waals surface area contributed by atoms with Crippen LogP contribution in [0.5, 0.6) is 0 Å². The van der Waals surface area contributed by atoms with Gasteiger partial charge in [0, 0.05) is 11.1 Å². The predicted octanol–water partition coefficient (Wildman–Crippen LogP) is 4.38. The van der Waals surface area contributed by atoms with Crippen molar-refractivity contribution in [3.63, 3.8) is 0 Å². The molecule has 0 saturated carbocycles. The Morgan fingerprint density at radius 2 is 1.60 bits per heavy atom. The lowest BCUT2D eigenvalue weighted by molar-refractivity contribution is 0.509. The van der Waals surface area contributed by atoms with Gasteiger partial charge in [-0.3, -0.25) is 5.10 Å². The van der Waals surface area contributed by atoms with Crippen LogP contribution in [0.1, 0.15) is 18.1 Å². The molecule has 0 amide bonds. The molecule has 0 spiro atoms. The van der Waals surface area contributed by atoms with Gasteiger partial charge in [-0.1, -0.05) is 60.3 Å². The average Bonchev–Trinajstić information content (AvgIpc) is 3.33. The fourth-order valence-electron chi connectivity index (χ4n) is 2.33. The van der Waals surface area contributed by atoms with E-state index in [-0.39, 0.29) is 5.25 Å². The molecule has 7 heteroatoms. The number of benzene rings is 2. The van der Waals surface area contributed by atoms with Crippen LogP contribution in [0.3, 0.4) is 0 Å². The van der Waals surface area contributed by atoms with Crippen molar-refractivity contribution in [1.82, 2.24) is 25.4 Å². The van der Waals surface area contributed by atoms with E-state index in [0.29, 0.717) is 16.9 Å². The van der Waals surface area contributed by atoms with Gasteiger partial charge in [0.2, 0.25) is 16.9 Å². The first-order valence-corrected chi connectivity index (χ1v) is 8.71. The fraction of sp³-hybridized carbons (Fsp3) is 0.111. The molecule has 2 heterocycles. The topological polar surface area (TPSA) is 80.5 Å². The molecule has 2 aromatic heterocycles. The average molecular weight is 349 g/mol. The molecule has 6 nitrogen and oxygen atoms in total. The van der Waals surface area contributed by atoms with Gasteiger partial charge in [0.05, 0.1) is 5.25 Å². The van der Waals surface area contributed by atoms with Crippen LogP contribution in [-0.2, 0) is 0 Å². The highest BCUT2D eigenvalue weighted by molar-refractivity contribution is 7.99. The molecule has 0 saturated heterocycles. The van der Waals surface area contributed by atoms with E-state index in [2.05, 4.69) is 25.4 Å². The summed E-state index contributed by atoms with van der Waals surface area (Å²) in [7, 11) is 0. The molecule has 25 heavy (non-hydrogen) atoms. The second-order valence-electron chi connectivity index (χ2n) is 5.40. The van der Waals surface area contributed by atoms with Gasteiger partial charge in [-0.15, -0.1) is 15.3 Å². The molecule has 1 atom stereocenters. The lowest BCUT2D eigenvalue weighted by Gasteiger charge is -2.02. The van der Waals surface area contributed by atoms with Crippen LogP contribution < -0.4 is 0 Å². The normalized spacial score (nSPS) is 12.2. The quantitative estimate of drug-likeness (QED) is 0.539. The summed E-state index contributed by atoms with van der Waals surface area (Å²) in [5, 5.41) is 16.1. The number of rotatable bonds is 5. The summed E-state index contributed by atoms with van der Waals surface area (Å²) in [6.45, 7) is 1.99. The number of aromatic nitrogens is 5. The lowest BCUT2D eigenvalue weighted by atomic mass is 10.2. The minimum absolute atomic E-state index is 0.0515. The van der Waals surface area contributed by atoms with Gasteiger partial charge in [0.25, 0.3) is 0 Å². The van der Waals surface area contributed by atoms with E-state index in [1.54, 1.807) is 0 Å². The van der Waals surface area contributed by atoms with Crippen LogP contribution in [-0.4, -0.2) is 25.4 Å². The van der Waals surface area contributed by atoms with Gasteiger partial charge in [0.15, 0.2) is 5.82 Å². The van der Waals surface area contributed by atoms with Crippen LogP contribution in [0, 0.1) is 0 Å². The summed E-state index contributed by atoms with van der Waals surface area (Å²) in [5.74, 6) is 1.81. The number of hydrogen-bond acceptors (Lipinski definition) is 6. The van der Waals surface area contributed by atoms with Crippen molar-refractivity contribution in [2.24, 2.45) is 0 Å². The van der Waals surface area contributed by atoms with Crippen molar-refractivity contribution < 1.29 is 4.42 Å². The Labute approximate surface area is 148 Å². The van der Waals surface area contributed by atoms with Crippen molar-refractivity contribution in [3.05, 3.63) is 66.6 Å². The molecule has 4 aromatic rings. The van der Waals surface area contributed by atoms with Gasteiger partial charge in [-0.25, -0.2) is 4.98 Å². The summed E-state index contributed by atoms with van der Waals surface area (Å²) in [6, 6.07) is 19.6. The van der Waals surface area contributed by atoms with Crippen molar-refractivity contribution in [2.75, 3.05) is 0 Å². The maximum absolute atomic E-state index is 5.79. The van der Waals surface area contributed by atoms with Crippen LogP contribution >= 0.6 is 11.8 Å². The van der Waals surface area contributed by atoms with Crippen molar-refractivity contribution in [3.8, 4) is 22.8 Å². The van der Waals surface area contributed by atoms with Crippen LogP contribution in [0.25, 0.3) is 22.8 Å². The molecule has 0 radical (unpaired) electrons. The Balaban J connectivity index is 1.49. The highest BCUT2D eigenvalue weighted by atomic mass is 32.2. The molecule has 0 aliphatic carbocycles. The molecule has 1 N–H and O–H groups in total. The van der Waals surface area contributed by atoms with Crippen LogP contribution in [0.2, 0.25) is 0 Å². The van der Waals surface area contributed by atoms with Crippen molar-refractivity contribution in [1.29, 1.82) is 0 Å². The van der Waals surface area contributed by atoms with Gasteiger partial charge in [-0.2, -0.15) is 0 Å². The van der Waals surface area contributed by atoms with Crippen molar-refractivity contribution >= 4 is 11.8 Å². The predicted molar refractivity (Wildman–Crippen MR) is 95.8 cm³/mol. The number of H-pyrrole nitrogens is 1. The molecular weight excluding hydrogens is 334 g/mol. The minimum atomic E-state index is -0.0515. The number of thioether (sulfide) groups is 1. The summed E-state index contributed by atoms with van der Waals surface area (Å²) >= 11 is 1.47. The largest absolute Gasteiger partial charge is 0.419 e. The molecular formula is C18H15N5OS. The first-order valence-electron chi connectivity index (χ1n) is 7.83. The number of aromatic amines is 1. The van der Waals surface area contributed by atoms with E-state index in [1.165, 1.54) is 11.8 Å². The standard InChI is InChI=1S/C18H15N5OS/c1-12(16-21-22-17(24-16)14-10-6-3-7-11-14)25-18-19-15(20-23-18)13-8-4-2-5-9-13/h2-12H,1H3,(H,19,20,23). The molecule has 124 valence electrons. The molecule has 4 rings (SSSR count). The summed E-state index contributed by atoms with van der Waals surface area (Å²) in [6.07, 6.45) is 0. The third-order valence-electron chi connectivity index (χ3n) is 3.60. The third kappa shape index (κ3) is 3.46. The minimum Gasteiger partial charge on any atom is -0.419 e. The molecule has 0 fully saturated rings. The number of nitrogens with one attached hydrogen (secondary N) is 1. The highest BCUT2D eigenvalue weighted by Gasteiger charge is 2.18. The maximum atomic E-state index is 5.79. The first kappa shape index (κ1) is 15.6. The Morgan fingerprint density at radius 1 is 0.920 bits per heavy atom. The zero-order valence-corrected chi connectivity index (χ0v) is 14.3. The van der Waals surface area contributed by atoms with E-state index < -0.39 is 0 Å². The Bertz CT molecular complexity index is 952. The fourth-order valence-corrected chi connectivity index (χ4v) is 3.08. The Morgan fingerprint density at radius 3 is 2.32 bits per heavy atom. The molecule has 0 bridgehead atoms. The monoisotopic (exact) mass is 349 g/mol. The Hall–Kier alpha value is -2.93. The van der Waals surface area contributed by atoms with Gasteiger partial charge >= 0.3 is 0 Å². The van der Waals surface area contributed by atoms with Crippen molar-refractivity contribution in [2.45, 2.75) is 17.3 Å². The van der Waals surface area contributed by atoms with E-state index in [0.717, 1.165) is 17.0 Å². The first-order chi connectivity index (χ1) is 12.3.